The number of pyridine rings is 1. The van der Waals surface area contributed by atoms with Crippen LogP contribution in [0.1, 0.15) is 26.7 Å². The molecule has 2 N–H and O–H groups in total. The van der Waals surface area contributed by atoms with E-state index in [0.29, 0.717) is 10.8 Å². The number of hydrogen-bond acceptors (Lipinski definition) is 4. The number of nitrogens with one attached hydrogen (secondary N) is 2. The molecule has 1 aliphatic rings. The minimum absolute atomic E-state index is 0.145. The minimum atomic E-state index is -0.380. The first-order valence-electron chi connectivity index (χ1n) is 9.05. The lowest BCUT2D eigenvalue weighted by Gasteiger charge is -2.32. The largest absolute Gasteiger partial charge is 0.374 e. The van der Waals surface area contributed by atoms with Crippen LogP contribution in [0.3, 0.4) is 0 Å². The summed E-state index contributed by atoms with van der Waals surface area (Å²) in [5.41, 5.74) is 2.16. The van der Waals surface area contributed by atoms with Crippen molar-refractivity contribution in [3.8, 4) is 0 Å². The molecule has 5 nitrogen and oxygen atoms in total. The van der Waals surface area contributed by atoms with Gasteiger partial charge in [-0.1, -0.05) is 18.5 Å². The molecule has 0 saturated carbocycles. The zero-order valence-electron chi connectivity index (χ0n) is 15.2. The quantitative estimate of drug-likeness (QED) is 0.816. The molecule has 0 aliphatic carbocycles. The third-order valence-electron chi connectivity index (χ3n) is 4.77. The third kappa shape index (κ3) is 4.88. The van der Waals surface area contributed by atoms with Gasteiger partial charge in [0.05, 0.1) is 5.02 Å². The summed E-state index contributed by atoms with van der Waals surface area (Å²) in [6, 6.07) is 11.3. The molecule has 2 heterocycles. The molecular formula is C20H25ClN4O. The van der Waals surface area contributed by atoms with Crippen LogP contribution in [0.2, 0.25) is 5.02 Å². The van der Waals surface area contributed by atoms with E-state index in [1.54, 1.807) is 12.1 Å². The standard InChI is InChI=1S/C20H25ClN4O/c1-14-9-11-25(12-10-14)18-6-4-17(5-7-18)23-15(2)20(26)24-19-8-3-16(21)13-22-19/h3-8,13-15,23H,9-12H2,1-2H3,(H,22,24,26)/t15-/m0/s1. The number of piperidine rings is 1. The van der Waals surface area contributed by atoms with Crippen LogP contribution in [0, 0.1) is 5.92 Å². The van der Waals surface area contributed by atoms with E-state index in [9.17, 15) is 4.79 Å². The van der Waals surface area contributed by atoms with Gasteiger partial charge < -0.3 is 15.5 Å². The van der Waals surface area contributed by atoms with Gasteiger partial charge in [0.1, 0.15) is 11.9 Å². The van der Waals surface area contributed by atoms with Crippen LogP contribution in [0.15, 0.2) is 42.6 Å². The van der Waals surface area contributed by atoms with Crippen LogP contribution in [0.5, 0.6) is 0 Å². The molecule has 26 heavy (non-hydrogen) atoms. The summed E-state index contributed by atoms with van der Waals surface area (Å²) in [5.74, 6) is 1.17. The van der Waals surface area contributed by atoms with Crippen molar-refractivity contribution < 1.29 is 4.79 Å². The highest BCUT2D eigenvalue weighted by molar-refractivity contribution is 6.30. The predicted molar refractivity (Wildman–Crippen MR) is 108 cm³/mol. The lowest BCUT2D eigenvalue weighted by atomic mass is 9.99. The second-order valence-electron chi connectivity index (χ2n) is 6.93. The molecule has 1 aromatic heterocycles. The summed E-state index contributed by atoms with van der Waals surface area (Å²) in [4.78, 5) is 18.8. The SMILES string of the molecule is CC1CCN(c2ccc(N[C@@H](C)C(=O)Nc3ccc(Cl)cn3)cc2)CC1. The molecule has 3 rings (SSSR count). The van der Waals surface area contributed by atoms with Gasteiger partial charge in [-0.15, -0.1) is 0 Å². The molecule has 1 fully saturated rings. The Kier molecular flexibility index (Phi) is 5.99. The molecule has 1 amide bonds. The van der Waals surface area contributed by atoms with Gasteiger partial charge >= 0.3 is 0 Å². The topological polar surface area (TPSA) is 57.3 Å². The fourth-order valence-corrected chi connectivity index (χ4v) is 3.15. The van der Waals surface area contributed by atoms with Crippen molar-refractivity contribution in [1.29, 1.82) is 0 Å². The fraction of sp³-hybridized carbons (Fsp3) is 0.400. The molecule has 1 aromatic carbocycles. The molecule has 1 aliphatic heterocycles. The molecule has 0 bridgehead atoms. The number of halogens is 1. The second-order valence-corrected chi connectivity index (χ2v) is 7.37. The number of aromatic nitrogens is 1. The van der Waals surface area contributed by atoms with E-state index in [1.165, 1.54) is 24.7 Å². The zero-order chi connectivity index (χ0) is 18.5. The first-order valence-corrected chi connectivity index (χ1v) is 9.43. The van der Waals surface area contributed by atoms with Crippen LogP contribution in [-0.2, 0) is 4.79 Å². The van der Waals surface area contributed by atoms with Crippen LogP contribution in [0.25, 0.3) is 0 Å². The summed E-state index contributed by atoms with van der Waals surface area (Å²) in [6.45, 7) is 6.36. The summed E-state index contributed by atoms with van der Waals surface area (Å²) in [5, 5.41) is 6.54. The second kappa shape index (κ2) is 8.41. The number of nitrogens with zero attached hydrogens (tertiary/aromatic N) is 2. The molecule has 0 radical (unpaired) electrons. The van der Waals surface area contributed by atoms with E-state index in [2.05, 4.69) is 39.6 Å². The van der Waals surface area contributed by atoms with Gasteiger partial charge in [0.15, 0.2) is 0 Å². The van der Waals surface area contributed by atoms with E-state index < -0.39 is 0 Å². The highest BCUT2D eigenvalue weighted by Gasteiger charge is 2.17. The fourth-order valence-electron chi connectivity index (χ4n) is 3.04. The number of carbonyl (C=O) groups excluding carboxylic acids is 1. The molecule has 0 spiro atoms. The highest BCUT2D eigenvalue weighted by atomic mass is 35.5. The van der Waals surface area contributed by atoms with Gasteiger partial charge in [-0.2, -0.15) is 0 Å². The molecule has 0 unspecified atom stereocenters. The monoisotopic (exact) mass is 372 g/mol. The van der Waals surface area contributed by atoms with Crippen molar-refractivity contribution in [3.05, 3.63) is 47.6 Å². The van der Waals surface area contributed by atoms with E-state index in [-0.39, 0.29) is 11.9 Å². The summed E-state index contributed by atoms with van der Waals surface area (Å²) < 4.78 is 0. The van der Waals surface area contributed by atoms with Crippen molar-refractivity contribution in [1.82, 2.24) is 4.98 Å². The van der Waals surface area contributed by atoms with Gasteiger partial charge in [-0.05, 0) is 62.1 Å². The van der Waals surface area contributed by atoms with Crippen LogP contribution >= 0.6 is 11.6 Å². The van der Waals surface area contributed by atoms with E-state index in [4.69, 9.17) is 11.6 Å². The number of carbonyl (C=O) groups is 1. The highest BCUT2D eigenvalue weighted by Crippen LogP contribution is 2.24. The molecule has 1 atom stereocenters. The van der Waals surface area contributed by atoms with Crippen LogP contribution in [0.4, 0.5) is 17.2 Å². The Bertz CT molecular complexity index is 724. The molecule has 1 saturated heterocycles. The van der Waals surface area contributed by atoms with Gasteiger partial charge in [0.2, 0.25) is 5.91 Å². The number of rotatable bonds is 5. The van der Waals surface area contributed by atoms with E-state index >= 15 is 0 Å². The summed E-state index contributed by atoms with van der Waals surface area (Å²) in [7, 11) is 0. The number of amides is 1. The van der Waals surface area contributed by atoms with E-state index in [1.807, 2.05) is 19.1 Å². The predicted octanol–water partition coefficient (Wildman–Crippen LogP) is 4.41. The third-order valence-corrected chi connectivity index (χ3v) is 4.99. The van der Waals surface area contributed by atoms with Crippen LogP contribution in [-0.4, -0.2) is 30.0 Å². The Morgan fingerprint density at radius 3 is 2.50 bits per heavy atom. The maximum atomic E-state index is 12.3. The van der Waals surface area contributed by atoms with Gasteiger partial charge in [0, 0.05) is 30.7 Å². The Balaban J connectivity index is 1.54. The number of anilines is 3. The molecule has 6 heteroatoms. The summed E-state index contributed by atoms with van der Waals surface area (Å²) in [6.07, 6.45) is 4.00. The molecule has 138 valence electrons. The zero-order valence-corrected chi connectivity index (χ0v) is 16.0. The Morgan fingerprint density at radius 1 is 1.19 bits per heavy atom. The average molecular weight is 373 g/mol. The summed E-state index contributed by atoms with van der Waals surface area (Å²) >= 11 is 5.80. The molecular weight excluding hydrogens is 348 g/mol. The molecule has 2 aromatic rings. The normalized spacial score (nSPS) is 16.2. The maximum Gasteiger partial charge on any atom is 0.247 e. The average Bonchev–Trinajstić information content (AvgIpc) is 2.65. The first-order chi connectivity index (χ1) is 12.5. The minimum Gasteiger partial charge on any atom is -0.374 e. The van der Waals surface area contributed by atoms with Gasteiger partial charge in [0.25, 0.3) is 0 Å². The van der Waals surface area contributed by atoms with E-state index in [0.717, 1.165) is 24.7 Å². The number of hydrogen-bond donors (Lipinski definition) is 2. The van der Waals surface area contributed by atoms with Crippen molar-refractivity contribution in [3.63, 3.8) is 0 Å². The van der Waals surface area contributed by atoms with Gasteiger partial charge in [-0.25, -0.2) is 4.98 Å². The lowest BCUT2D eigenvalue weighted by molar-refractivity contribution is -0.116. The van der Waals surface area contributed by atoms with Crippen molar-refractivity contribution in [2.75, 3.05) is 28.6 Å². The van der Waals surface area contributed by atoms with Crippen molar-refractivity contribution in [2.45, 2.75) is 32.7 Å². The first kappa shape index (κ1) is 18.5. The smallest absolute Gasteiger partial charge is 0.247 e. The van der Waals surface area contributed by atoms with Gasteiger partial charge in [-0.3, -0.25) is 4.79 Å². The Labute approximate surface area is 159 Å². The maximum absolute atomic E-state index is 12.3. The van der Waals surface area contributed by atoms with Crippen LogP contribution < -0.4 is 15.5 Å². The van der Waals surface area contributed by atoms with Crippen molar-refractivity contribution >= 4 is 34.7 Å². The number of benzene rings is 1. The Morgan fingerprint density at radius 2 is 1.88 bits per heavy atom. The van der Waals surface area contributed by atoms with Crippen molar-refractivity contribution in [2.24, 2.45) is 5.92 Å². The lowest BCUT2D eigenvalue weighted by Crippen LogP contribution is -2.33. The Hall–Kier alpha value is -2.27.